The van der Waals surface area contributed by atoms with Crippen LogP contribution in [-0.2, 0) is 9.59 Å². The van der Waals surface area contributed by atoms with Crippen LogP contribution in [0.5, 0.6) is 0 Å². The zero-order valence-electron chi connectivity index (χ0n) is 13.1. The van der Waals surface area contributed by atoms with E-state index in [1.165, 1.54) is 6.26 Å². The van der Waals surface area contributed by atoms with Crippen LogP contribution in [0, 0.1) is 6.92 Å². The van der Waals surface area contributed by atoms with Crippen LogP contribution in [0.15, 0.2) is 26.4 Å². The molecule has 0 radical (unpaired) electrons. The van der Waals surface area contributed by atoms with Gasteiger partial charge in [-0.2, -0.15) is 0 Å². The molecule has 2 heterocycles. The molecular formula is C14H18N4O4S. The third-order valence-electron chi connectivity index (χ3n) is 2.72. The average molecular weight is 338 g/mol. The summed E-state index contributed by atoms with van der Waals surface area (Å²) in [4.78, 5) is 23.1. The van der Waals surface area contributed by atoms with Crippen molar-refractivity contribution in [2.75, 3.05) is 12.3 Å². The standard InChI is InChI=1S/C14H18N4O4S/c1-8(2)16-11(19)6-15-12(20)7-23-14-18-17-13(22-14)10-4-5-21-9(10)3/h4-5,8H,6-7H2,1-3H3,(H,15,20)(H,16,19). The number of nitrogens with zero attached hydrogens (tertiary/aromatic N) is 2. The SMILES string of the molecule is Cc1occc1-c1nnc(SCC(=O)NCC(=O)NC(C)C)o1. The minimum atomic E-state index is -0.284. The van der Waals surface area contributed by atoms with Gasteiger partial charge in [-0.05, 0) is 26.8 Å². The first-order chi connectivity index (χ1) is 11.0. The highest BCUT2D eigenvalue weighted by molar-refractivity contribution is 7.99. The summed E-state index contributed by atoms with van der Waals surface area (Å²) in [5.74, 6) is 0.595. The first-order valence-electron chi connectivity index (χ1n) is 7.02. The van der Waals surface area contributed by atoms with Crippen LogP contribution in [0.2, 0.25) is 0 Å². The predicted molar refractivity (Wildman–Crippen MR) is 83.7 cm³/mol. The number of hydrogen-bond acceptors (Lipinski definition) is 7. The van der Waals surface area contributed by atoms with Gasteiger partial charge in [0.1, 0.15) is 5.76 Å². The minimum absolute atomic E-state index is 0.0389. The molecule has 0 fully saturated rings. The third kappa shape index (κ3) is 5.13. The molecule has 8 nitrogen and oxygen atoms in total. The van der Waals surface area contributed by atoms with Crippen LogP contribution < -0.4 is 10.6 Å². The van der Waals surface area contributed by atoms with Gasteiger partial charge in [-0.3, -0.25) is 9.59 Å². The molecule has 0 aliphatic rings. The van der Waals surface area contributed by atoms with Crippen LogP contribution in [0.3, 0.4) is 0 Å². The fraction of sp³-hybridized carbons (Fsp3) is 0.429. The number of aryl methyl sites for hydroxylation is 1. The number of nitrogens with one attached hydrogen (secondary N) is 2. The van der Waals surface area contributed by atoms with Crippen molar-refractivity contribution in [3.63, 3.8) is 0 Å². The number of carbonyl (C=O) groups is 2. The number of hydrogen-bond donors (Lipinski definition) is 2. The molecular weight excluding hydrogens is 320 g/mol. The summed E-state index contributed by atoms with van der Waals surface area (Å²) in [5, 5.41) is 13.3. The van der Waals surface area contributed by atoms with Gasteiger partial charge in [0.05, 0.1) is 24.1 Å². The normalized spacial score (nSPS) is 10.8. The van der Waals surface area contributed by atoms with Crippen LogP contribution in [0.1, 0.15) is 19.6 Å². The molecule has 0 aromatic carbocycles. The van der Waals surface area contributed by atoms with Crippen molar-refractivity contribution >= 4 is 23.6 Å². The van der Waals surface area contributed by atoms with E-state index in [4.69, 9.17) is 8.83 Å². The zero-order chi connectivity index (χ0) is 16.8. The van der Waals surface area contributed by atoms with E-state index in [1.807, 2.05) is 13.8 Å². The van der Waals surface area contributed by atoms with Crippen molar-refractivity contribution in [1.29, 1.82) is 0 Å². The Morgan fingerprint density at radius 3 is 2.74 bits per heavy atom. The number of amides is 2. The third-order valence-corrected chi connectivity index (χ3v) is 3.54. The molecule has 0 aliphatic heterocycles. The van der Waals surface area contributed by atoms with E-state index in [2.05, 4.69) is 20.8 Å². The van der Waals surface area contributed by atoms with E-state index in [9.17, 15) is 9.59 Å². The molecule has 2 rings (SSSR count). The summed E-state index contributed by atoms with van der Waals surface area (Å²) in [6, 6.07) is 1.77. The highest BCUT2D eigenvalue weighted by atomic mass is 32.2. The number of thioether (sulfide) groups is 1. The van der Waals surface area contributed by atoms with Crippen LogP contribution in [0.25, 0.3) is 11.5 Å². The summed E-state index contributed by atoms with van der Waals surface area (Å²) in [6.07, 6.45) is 1.54. The van der Waals surface area contributed by atoms with Gasteiger partial charge in [-0.1, -0.05) is 11.8 Å². The van der Waals surface area contributed by atoms with Crippen molar-refractivity contribution in [3.8, 4) is 11.5 Å². The van der Waals surface area contributed by atoms with Gasteiger partial charge in [-0.25, -0.2) is 0 Å². The molecule has 0 saturated carbocycles. The molecule has 0 unspecified atom stereocenters. The molecule has 0 spiro atoms. The van der Waals surface area contributed by atoms with E-state index in [1.54, 1.807) is 13.0 Å². The molecule has 2 aromatic heterocycles. The van der Waals surface area contributed by atoms with Gasteiger partial charge in [0.2, 0.25) is 11.8 Å². The molecule has 2 N–H and O–H groups in total. The Hall–Kier alpha value is -2.29. The van der Waals surface area contributed by atoms with Crippen molar-refractivity contribution in [3.05, 3.63) is 18.1 Å². The molecule has 2 aromatic rings. The second kappa shape index (κ2) is 7.82. The Balaban J connectivity index is 1.78. The van der Waals surface area contributed by atoms with Crippen molar-refractivity contribution < 1.29 is 18.4 Å². The fourth-order valence-electron chi connectivity index (χ4n) is 1.71. The summed E-state index contributed by atoms with van der Waals surface area (Å²) >= 11 is 1.10. The summed E-state index contributed by atoms with van der Waals surface area (Å²) in [6.45, 7) is 5.44. The summed E-state index contributed by atoms with van der Waals surface area (Å²) in [5.41, 5.74) is 0.721. The lowest BCUT2D eigenvalue weighted by Crippen LogP contribution is -2.40. The number of aromatic nitrogens is 2. The van der Waals surface area contributed by atoms with Crippen molar-refractivity contribution in [2.24, 2.45) is 0 Å². The van der Waals surface area contributed by atoms with Crippen LogP contribution >= 0.6 is 11.8 Å². The molecule has 0 atom stereocenters. The van der Waals surface area contributed by atoms with Crippen molar-refractivity contribution in [2.45, 2.75) is 32.0 Å². The Morgan fingerprint density at radius 1 is 1.30 bits per heavy atom. The highest BCUT2D eigenvalue weighted by Crippen LogP contribution is 2.25. The Kier molecular flexibility index (Phi) is 5.80. The first-order valence-corrected chi connectivity index (χ1v) is 8.01. The Bertz CT molecular complexity index is 680. The molecule has 0 saturated heterocycles. The van der Waals surface area contributed by atoms with Gasteiger partial charge in [-0.15, -0.1) is 10.2 Å². The lowest BCUT2D eigenvalue weighted by Gasteiger charge is -2.08. The van der Waals surface area contributed by atoms with Gasteiger partial charge in [0, 0.05) is 6.04 Å². The van der Waals surface area contributed by atoms with E-state index in [0.29, 0.717) is 11.7 Å². The molecule has 2 amide bonds. The average Bonchev–Trinajstić information content (AvgIpc) is 3.10. The van der Waals surface area contributed by atoms with Gasteiger partial charge in [0.15, 0.2) is 0 Å². The minimum Gasteiger partial charge on any atom is -0.469 e. The maximum atomic E-state index is 11.7. The van der Waals surface area contributed by atoms with Gasteiger partial charge in [0.25, 0.3) is 11.1 Å². The second-order valence-corrected chi connectivity index (χ2v) is 5.98. The van der Waals surface area contributed by atoms with Gasteiger partial charge >= 0.3 is 0 Å². The van der Waals surface area contributed by atoms with E-state index < -0.39 is 0 Å². The molecule has 9 heteroatoms. The lowest BCUT2D eigenvalue weighted by molar-refractivity contribution is -0.125. The summed E-state index contributed by atoms with van der Waals surface area (Å²) < 4.78 is 10.6. The second-order valence-electron chi connectivity index (χ2n) is 5.05. The number of rotatable bonds is 7. The van der Waals surface area contributed by atoms with E-state index in [-0.39, 0.29) is 35.4 Å². The van der Waals surface area contributed by atoms with E-state index in [0.717, 1.165) is 17.3 Å². The largest absolute Gasteiger partial charge is 0.469 e. The van der Waals surface area contributed by atoms with Gasteiger partial charge < -0.3 is 19.5 Å². The zero-order valence-corrected chi connectivity index (χ0v) is 13.9. The van der Waals surface area contributed by atoms with Crippen molar-refractivity contribution in [1.82, 2.24) is 20.8 Å². The molecule has 124 valence electrons. The van der Waals surface area contributed by atoms with Crippen LogP contribution in [-0.4, -0.2) is 40.4 Å². The lowest BCUT2D eigenvalue weighted by atomic mass is 10.3. The highest BCUT2D eigenvalue weighted by Gasteiger charge is 2.14. The first kappa shape index (κ1) is 17.1. The molecule has 23 heavy (non-hydrogen) atoms. The number of furan rings is 1. The Labute approximate surface area is 137 Å². The quantitative estimate of drug-likeness (QED) is 0.734. The summed E-state index contributed by atoms with van der Waals surface area (Å²) in [7, 11) is 0. The predicted octanol–water partition coefficient (Wildman–Crippen LogP) is 1.37. The molecule has 0 bridgehead atoms. The van der Waals surface area contributed by atoms with E-state index >= 15 is 0 Å². The topological polar surface area (TPSA) is 110 Å². The monoisotopic (exact) mass is 338 g/mol. The number of carbonyl (C=O) groups excluding carboxylic acids is 2. The maximum absolute atomic E-state index is 11.7. The smallest absolute Gasteiger partial charge is 0.277 e. The maximum Gasteiger partial charge on any atom is 0.277 e. The Morgan fingerprint density at radius 2 is 2.09 bits per heavy atom. The van der Waals surface area contributed by atoms with Crippen LogP contribution in [0.4, 0.5) is 0 Å². The molecule has 0 aliphatic carbocycles. The fourth-order valence-corrected chi connectivity index (χ4v) is 2.31.